The smallest absolute Gasteiger partial charge is 0.138 e. The predicted octanol–water partition coefficient (Wildman–Crippen LogP) is 12.8. The number of allylic oxidation sites excluding steroid dienone is 11. The Hall–Kier alpha value is -5.96. The van der Waals surface area contributed by atoms with Crippen molar-refractivity contribution < 1.29 is 4.74 Å². The highest BCUT2D eigenvalue weighted by Gasteiger charge is 2.16. The Labute approximate surface area is 311 Å². The van der Waals surface area contributed by atoms with Gasteiger partial charge in [-0.3, -0.25) is 0 Å². The summed E-state index contributed by atoms with van der Waals surface area (Å²) in [7, 11) is 0. The SMILES string of the molecule is C=C1/C=C\C=C/Cc2cccc(-c3ccc(C(=C)\C=C(/C=C(C)/C=C\C)c4ccccc4C(N)Cc4ccccc4)cc3)c2O1.Cc1ccccc1. The first-order valence-corrected chi connectivity index (χ1v) is 17.9. The number of hydrogen-bond donors (Lipinski definition) is 1. The Morgan fingerprint density at radius 3 is 2.19 bits per heavy atom. The average Bonchev–Trinajstić information content (AvgIpc) is 3.25. The lowest BCUT2D eigenvalue weighted by Gasteiger charge is -2.18. The molecule has 5 aromatic rings. The second kappa shape index (κ2) is 18.9. The van der Waals surface area contributed by atoms with Crippen LogP contribution in [0.2, 0.25) is 0 Å². The lowest BCUT2D eigenvalue weighted by atomic mass is 9.89. The molecule has 0 aliphatic carbocycles. The summed E-state index contributed by atoms with van der Waals surface area (Å²) >= 11 is 0. The standard InChI is InChI=1S/C43H41NO.C7H8/c1-5-15-31(2)28-38(39-21-12-13-22-41(39)42(44)30-34-17-9-7-10-18-34)29-32(3)35-24-26-36(27-25-35)40-23-14-20-37-19-11-6-8-16-33(4)45-43(37)40;1-7-5-3-2-4-6-7/h5-18,20-29,42H,3-4,19,30,44H2,1-2H3;2-6H,1H3/b11-6-,15-5-,16-8-,31-28+,38-29+;. The zero-order valence-corrected chi connectivity index (χ0v) is 30.6. The summed E-state index contributed by atoms with van der Waals surface area (Å²) in [6.45, 7) is 14.8. The highest BCUT2D eigenvalue weighted by molar-refractivity contribution is 5.88. The van der Waals surface area contributed by atoms with Crippen molar-refractivity contribution in [2.45, 2.75) is 39.7 Å². The molecule has 0 bridgehead atoms. The van der Waals surface area contributed by atoms with Crippen LogP contribution in [0.1, 0.15) is 53.3 Å². The maximum Gasteiger partial charge on any atom is 0.138 e. The second-order valence-electron chi connectivity index (χ2n) is 13.0. The van der Waals surface area contributed by atoms with Crippen LogP contribution >= 0.6 is 0 Å². The van der Waals surface area contributed by atoms with Gasteiger partial charge in [0.25, 0.3) is 0 Å². The molecule has 0 saturated heterocycles. The molecule has 1 atom stereocenters. The number of aryl methyl sites for hydroxylation is 1. The van der Waals surface area contributed by atoms with Gasteiger partial charge in [-0.2, -0.15) is 0 Å². The first-order valence-electron chi connectivity index (χ1n) is 17.9. The lowest BCUT2D eigenvalue weighted by Crippen LogP contribution is -2.15. The summed E-state index contributed by atoms with van der Waals surface area (Å²) in [6, 6.07) is 43.8. The molecule has 6 rings (SSSR count). The van der Waals surface area contributed by atoms with Gasteiger partial charge in [0.2, 0.25) is 0 Å². The molecule has 0 fully saturated rings. The average molecular weight is 680 g/mol. The van der Waals surface area contributed by atoms with Crippen LogP contribution in [0.15, 0.2) is 200 Å². The number of benzene rings is 5. The zero-order chi connectivity index (χ0) is 36.7. The first kappa shape index (κ1) is 37.3. The zero-order valence-electron chi connectivity index (χ0n) is 30.6. The van der Waals surface area contributed by atoms with Gasteiger partial charge in [0.15, 0.2) is 0 Å². The molecule has 1 aliphatic rings. The number of rotatable bonds is 9. The van der Waals surface area contributed by atoms with Crippen molar-refractivity contribution in [1.82, 2.24) is 0 Å². The van der Waals surface area contributed by atoms with E-state index < -0.39 is 0 Å². The molecule has 52 heavy (non-hydrogen) atoms. The van der Waals surface area contributed by atoms with Crippen LogP contribution in [0.3, 0.4) is 0 Å². The Morgan fingerprint density at radius 2 is 1.50 bits per heavy atom. The Balaban J connectivity index is 0.000000668. The molecular weight excluding hydrogens is 631 g/mol. The number of para-hydroxylation sites is 1. The van der Waals surface area contributed by atoms with Gasteiger partial charge < -0.3 is 10.5 Å². The van der Waals surface area contributed by atoms with E-state index in [2.05, 4.69) is 161 Å². The highest BCUT2D eigenvalue weighted by atomic mass is 16.5. The van der Waals surface area contributed by atoms with Gasteiger partial charge in [0.05, 0.1) is 0 Å². The van der Waals surface area contributed by atoms with Gasteiger partial charge in [-0.05, 0) is 90.3 Å². The van der Waals surface area contributed by atoms with E-state index in [0.29, 0.717) is 5.76 Å². The first-order chi connectivity index (χ1) is 25.3. The Bertz CT molecular complexity index is 2110. The van der Waals surface area contributed by atoms with Crippen LogP contribution in [-0.2, 0) is 12.8 Å². The minimum Gasteiger partial charge on any atom is -0.457 e. The molecule has 0 saturated carbocycles. The van der Waals surface area contributed by atoms with Crippen molar-refractivity contribution in [3.05, 3.63) is 234 Å². The van der Waals surface area contributed by atoms with E-state index in [-0.39, 0.29) is 6.04 Å². The maximum absolute atomic E-state index is 6.85. The molecular formula is C50H49NO. The van der Waals surface area contributed by atoms with Crippen LogP contribution in [-0.4, -0.2) is 0 Å². The maximum atomic E-state index is 6.85. The van der Waals surface area contributed by atoms with Crippen molar-refractivity contribution in [1.29, 1.82) is 0 Å². The summed E-state index contributed by atoms with van der Waals surface area (Å²) in [6.07, 6.45) is 18.1. The Morgan fingerprint density at radius 1 is 0.808 bits per heavy atom. The fourth-order valence-electron chi connectivity index (χ4n) is 6.18. The topological polar surface area (TPSA) is 35.2 Å². The molecule has 0 spiro atoms. The minimum atomic E-state index is -0.145. The largest absolute Gasteiger partial charge is 0.457 e. The van der Waals surface area contributed by atoms with E-state index in [1.54, 1.807) is 0 Å². The van der Waals surface area contributed by atoms with Gasteiger partial charge in [-0.15, -0.1) is 0 Å². The normalized spacial score (nSPS) is 14.8. The number of hydrogen-bond acceptors (Lipinski definition) is 2. The molecule has 0 aromatic heterocycles. The van der Waals surface area contributed by atoms with Gasteiger partial charge in [0.1, 0.15) is 11.5 Å². The molecule has 1 unspecified atom stereocenters. The minimum absolute atomic E-state index is 0.145. The van der Waals surface area contributed by atoms with Crippen LogP contribution < -0.4 is 10.5 Å². The molecule has 1 heterocycles. The number of nitrogens with two attached hydrogens (primary N) is 1. The van der Waals surface area contributed by atoms with E-state index in [1.807, 2.05) is 49.4 Å². The van der Waals surface area contributed by atoms with E-state index in [9.17, 15) is 0 Å². The third kappa shape index (κ3) is 10.5. The fourth-order valence-corrected chi connectivity index (χ4v) is 6.18. The number of ether oxygens (including phenoxy) is 1. The van der Waals surface area contributed by atoms with Crippen LogP contribution in [0.4, 0.5) is 0 Å². The van der Waals surface area contributed by atoms with Gasteiger partial charge in [-0.1, -0.05) is 188 Å². The molecule has 1 aliphatic heterocycles. The highest BCUT2D eigenvalue weighted by Crippen LogP contribution is 2.37. The summed E-state index contributed by atoms with van der Waals surface area (Å²) in [5.74, 6) is 1.46. The van der Waals surface area contributed by atoms with E-state index in [0.717, 1.165) is 68.7 Å². The van der Waals surface area contributed by atoms with Crippen LogP contribution in [0.25, 0.3) is 22.3 Å². The monoisotopic (exact) mass is 679 g/mol. The second-order valence-corrected chi connectivity index (χ2v) is 13.0. The quantitative estimate of drug-likeness (QED) is 0.157. The van der Waals surface area contributed by atoms with Crippen molar-refractivity contribution in [3.63, 3.8) is 0 Å². The van der Waals surface area contributed by atoms with Crippen molar-refractivity contribution in [3.8, 4) is 16.9 Å². The summed E-state index contributed by atoms with van der Waals surface area (Å²) in [5.41, 5.74) is 19.1. The fraction of sp³-hybridized carbons (Fsp3) is 0.120. The van der Waals surface area contributed by atoms with Gasteiger partial charge >= 0.3 is 0 Å². The number of fused-ring (bicyclic) bond motifs is 1. The van der Waals surface area contributed by atoms with E-state index in [4.69, 9.17) is 10.5 Å². The molecule has 0 radical (unpaired) electrons. The molecule has 5 aromatic carbocycles. The van der Waals surface area contributed by atoms with Crippen molar-refractivity contribution in [2.75, 3.05) is 0 Å². The molecule has 2 heteroatoms. The van der Waals surface area contributed by atoms with Crippen LogP contribution in [0.5, 0.6) is 5.75 Å². The molecule has 260 valence electrons. The molecule has 2 nitrogen and oxygen atoms in total. The predicted molar refractivity (Wildman–Crippen MR) is 224 cm³/mol. The third-order valence-corrected chi connectivity index (χ3v) is 8.82. The summed E-state index contributed by atoms with van der Waals surface area (Å²) in [4.78, 5) is 0. The Kier molecular flexibility index (Phi) is 13.5. The summed E-state index contributed by atoms with van der Waals surface area (Å²) < 4.78 is 6.24. The molecule has 2 N–H and O–H groups in total. The van der Waals surface area contributed by atoms with Gasteiger partial charge in [-0.25, -0.2) is 0 Å². The molecule has 0 amide bonds. The van der Waals surface area contributed by atoms with Crippen LogP contribution in [0, 0.1) is 6.92 Å². The van der Waals surface area contributed by atoms with E-state index >= 15 is 0 Å². The van der Waals surface area contributed by atoms with Crippen molar-refractivity contribution in [2.24, 2.45) is 5.73 Å². The van der Waals surface area contributed by atoms with Gasteiger partial charge in [0, 0.05) is 11.6 Å². The lowest BCUT2D eigenvalue weighted by molar-refractivity contribution is 0.444. The third-order valence-electron chi connectivity index (χ3n) is 8.82. The summed E-state index contributed by atoms with van der Waals surface area (Å²) in [5, 5.41) is 0. The van der Waals surface area contributed by atoms with Crippen molar-refractivity contribution >= 4 is 11.1 Å². The van der Waals surface area contributed by atoms with E-state index in [1.165, 1.54) is 11.1 Å².